The zero-order chi connectivity index (χ0) is 26.5. The number of anilines is 2. The van der Waals surface area contributed by atoms with Gasteiger partial charge in [-0.25, -0.2) is 4.90 Å². The summed E-state index contributed by atoms with van der Waals surface area (Å²) >= 11 is 6.22. The molecular formula is C28H26ClN3O5. The highest BCUT2D eigenvalue weighted by Crippen LogP contribution is 2.32. The van der Waals surface area contributed by atoms with Gasteiger partial charge >= 0.3 is 0 Å². The van der Waals surface area contributed by atoms with Gasteiger partial charge in [0.15, 0.2) is 11.5 Å². The maximum atomic E-state index is 13.0. The van der Waals surface area contributed by atoms with Crippen LogP contribution in [0.2, 0.25) is 0 Å². The van der Waals surface area contributed by atoms with E-state index in [1.165, 1.54) is 0 Å². The van der Waals surface area contributed by atoms with Crippen molar-refractivity contribution in [3.05, 3.63) is 94.1 Å². The van der Waals surface area contributed by atoms with Crippen molar-refractivity contribution in [2.24, 2.45) is 0 Å². The molecule has 1 aliphatic rings. The Labute approximate surface area is 219 Å². The second-order valence-electron chi connectivity index (χ2n) is 8.32. The van der Waals surface area contributed by atoms with Gasteiger partial charge in [0.1, 0.15) is 10.7 Å². The van der Waals surface area contributed by atoms with Crippen LogP contribution < -0.4 is 25.0 Å². The van der Waals surface area contributed by atoms with Crippen molar-refractivity contribution >= 4 is 40.7 Å². The lowest BCUT2D eigenvalue weighted by Gasteiger charge is -2.17. The molecule has 3 aromatic rings. The van der Waals surface area contributed by atoms with Gasteiger partial charge in [-0.2, -0.15) is 0 Å². The molecule has 0 radical (unpaired) electrons. The standard InChI is InChI=1S/C28H26ClN3O5/c1-17-6-4-5-7-21(17)32-27(34)24(29)25(28(32)35)31-20-11-9-19(10-12-20)26(33)30-15-14-18-8-13-22(36-2)23(16-18)37-3/h4-13,16,31H,14-15H2,1-3H3,(H,30,33). The Bertz CT molecular complexity index is 1380. The number of hydrogen-bond donors (Lipinski definition) is 2. The maximum Gasteiger partial charge on any atom is 0.283 e. The number of hydrogen-bond acceptors (Lipinski definition) is 6. The molecule has 0 saturated carbocycles. The van der Waals surface area contributed by atoms with Gasteiger partial charge < -0.3 is 20.1 Å². The SMILES string of the molecule is COc1ccc(CCNC(=O)c2ccc(NC3=C(Cl)C(=O)N(c4ccccc4C)C3=O)cc2)cc1OC. The summed E-state index contributed by atoms with van der Waals surface area (Å²) in [5.41, 5.74) is 3.21. The first-order valence-corrected chi connectivity index (χ1v) is 11.9. The van der Waals surface area contributed by atoms with Gasteiger partial charge in [0.25, 0.3) is 17.7 Å². The molecule has 8 nitrogen and oxygen atoms in total. The molecule has 0 spiro atoms. The summed E-state index contributed by atoms with van der Waals surface area (Å²) in [6.45, 7) is 2.25. The average Bonchev–Trinajstić information content (AvgIpc) is 3.12. The molecule has 37 heavy (non-hydrogen) atoms. The van der Waals surface area contributed by atoms with Gasteiger partial charge in [0.05, 0.1) is 19.9 Å². The van der Waals surface area contributed by atoms with Crippen molar-refractivity contribution in [2.45, 2.75) is 13.3 Å². The predicted molar refractivity (Wildman–Crippen MR) is 142 cm³/mol. The van der Waals surface area contributed by atoms with Crippen LogP contribution in [0.25, 0.3) is 0 Å². The minimum Gasteiger partial charge on any atom is -0.493 e. The molecule has 0 saturated heterocycles. The fourth-order valence-corrected chi connectivity index (χ4v) is 4.16. The quantitative estimate of drug-likeness (QED) is 0.406. The highest BCUT2D eigenvalue weighted by atomic mass is 35.5. The van der Waals surface area contributed by atoms with E-state index in [2.05, 4.69) is 10.6 Å². The molecule has 0 unspecified atom stereocenters. The number of amides is 3. The molecule has 2 N–H and O–H groups in total. The summed E-state index contributed by atoms with van der Waals surface area (Å²) in [5, 5.41) is 5.62. The van der Waals surface area contributed by atoms with Gasteiger partial charge in [0, 0.05) is 17.8 Å². The molecule has 0 atom stereocenters. The second kappa shape index (κ2) is 11.2. The summed E-state index contributed by atoms with van der Waals surface area (Å²) in [7, 11) is 3.16. The number of carbonyl (C=O) groups excluding carboxylic acids is 3. The Morgan fingerprint density at radius 1 is 0.919 bits per heavy atom. The van der Waals surface area contributed by atoms with Crippen LogP contribution in [-0.4, -0.2) is 38.5 Å². The van der Waals surface area contributed by atoms with Gasteiger partial charge in [-0.15, -0.1) is 0 Å². The number of carbonyl (C=O) groups is 3. The summed E-state index contributed by atoms with van der Waals surface area (Å²) in [6, 6.07) is 19.3. The van der Waals surface area contributed by atoms with Gasteiger partial charge in [-0.1, -0.05) is 35.9 Å². The van der Waals surface area contributed by atoms with Crippen LogP contribution in [0, 0.1) is 6.92 Å². The van der Waals surface area contributed by atoms with Crippen molar-refractivity contribution in [3.63, 3.8) is 0 Å². The first-order chi connectivity index (χ1) is 17.8. The molecule has 4 rings (SSSR count). The van der Waals surface area contributed by atoms with Crippen LogP contribution in [0.15, 0.2) is 77.5 Å². The molecule has 9 heteroatoms. The van der Waals surface area contributed by atoms with Gasteiger partial charge in [0.2, 0.25) is 0 Å². The number of nitrogens with zero attached hydrogens (tertiary/aromatic N) is 1. The number of halogens is 1. The number of aryl methyl sites for hydroxylation is 1. The largest absolute Gasteiger partial charge is 0.493 e. The number of benzene rings is 3. The number of rotatable bonds is 9. The third kappa shape index (κ3) is 5.44. The molecule has 190 valence electrons. The Morgan fingerprint density at radius 2 is 1.62 bits per heavy atom. The molecule has 0 fully saturated rings. The van der Waals surface area contributed by atoms with E-state index < -0.39 is 11.8 Å². The molecule has 3 aromatic carbocycles. The second-order valence-corrected chi connectivity index (χ2v) is 8.70. The zero-order valence-corrected chi connectivity index (χ0v) is 21.4. The molecule has 0 aromatic heterocycles. The number of methoxy groups -OCH3 is 2. The van der Waals surface area contributed by atoms with Crippen LogP contribution in [0.4, 0.5) is 11.4 Å². The first-order valence-electron chi connectivity index (χ1n) is 11.5. The summed E-state index contributed by atoms with van der Waals surface area (Å²) in [4.78, 5) is 39.3. The first kappa shape index (κ1) is 25.8. The lowest BCUT2D eigenvalue weighted by Crippen LogP contribution is -2.32. The van der Waals surface area contributed by atoms with E-state index in [1.54, 1.807) is 50.6 Å². The summed E-state index contributed by atoms with van der Waals surface area (Å²) in [5.74, 6) is -0.0842. The van der Waals surface area contributed by atoms with E-state index in [1.807, 2.05) is 37.3 Å². The Balaban J connectivity index is 1.37. The van der Waals surface area contributed by atoms with Crippen LogP contribution in [0.1, 0.15) is 21.5 Å². The minimum absolute atomic E-state index is 0.0120. The number of ether oxygens (including phenoxy) is 2. The van der Waals surface area contributed by atoms with Gasteiger partial charge in [-0.3, -0.25) is 14.4 Å². The Morgan fingerprint density at radius 3 is 2.30 bits per heavy atom. The van der Waals surface area contributed by atoms with Crippen LogP contribution in [0.5, 0.6) is 11.5 Å². The van der Waals surface area contributed by atoms with Crippen LogP contribution >= 0.6 is 11.6 Å². The average molecular weight is 520 g/mol. The smallest absolute Gasteiger partial charge is 0.283 e. The highest BCUT2D eigenvalue weighted by Gasteiger charge is 2.39. The maximum absolute atomic E-state index is 13.0. The number of para-hydroxylation sites is 1. The van der Waals surface area contributed by atoms with Crippen molar-refractivity contribution in [3.8, 4) is 11.5 Å². The lowest BCUT2D eigenvalue weighted by atomic mass is 10.1. The normalized spacial score (nSPS) is 13.1. The third-order valence-corrected chi connectivity index (χ3v) is 6.30. The van der Waals surface area contributed by atoms with E-state index in [9.17, 15) is 14.4 Å². The predicted octanol–water partition coefficient (Wildman–Crippen LogP) is 4.42. The summed E-state index contributed by atoms with van der Waals surface area (Å²) in [6.07, 6.45) is 0.617. The van der Waals surface area contributed by atoms with Crippen LogP contribution in [-0.2, 0) is 16.0 Å². The van der Waals surface area contributed by atoms with Crippen molar-refractivity contribution in [2.75, 3.05) is 31.0 Å². The summed E-state index contributed by atoms with van der Waals surface area (Å²) < 4.78 is 10.6. The zero-order valence-electron chi connectivity index (χ0n) is 20.6. The monoisotopic (exact) mass is 519 g/mol. The Hall–Kier alpha value is -4.30. The van der Waals surface area contributed by atoms with E-state index in [-0.39, 0.29) is 16.6 Å². The molecule has 0 bridgehead atoms. The number of imide groups is 1. The van der Waals surface area contributed by atoms with Crippen molar-refractivity contribution in [1.29, 1.82) is 0 Å². The Kier molecular flexibility index (Phi) is 7.79. The lowest BCUT2D eigenvalue weighted by molar-refractivity contribution is -0.120. The highest BCUT2D eigenvalue weighted by molar-refractivity contribution is 6.53. The van der Waals surface area contributed by atoms with Crippen LogP contribution in [0.3, 0.4) is 0 Å². The molecular weight excluding hydrogens is 494 g/mol. The van der Waals surface area contributed by atoms with E-state index in [0.29, 0.717) is 41.4 Å². The fourth-order valence-electron chi connectivity index (χ4n) is 3.95. The van der Waals surface area contributed by atoms with E-state index in [0.717, 1.165) is 16.0 Å². The van der Waals surface area contributed by atoms with E-state index >= 15 is 0 Å². The molecule has 1 heterocycles. The number of nitrogens with one attached hydrogen (secondary N) is 2. The molecule has 1 aliphatic heterocycles. The molecule has 3 amide bonds. The molecule has 0 aliphatic carbocycles. The third-order valence-electron chi connectivity index (χ3n) is 5.95. The van der Waals surface area contributed by atoms with Crippen molar-refractivity contribution in [1.82, 2.24) is 5.32 Å². The van der Waals surface area contributed by atoms with Crippen molar-refractivity contribution < 1.29 is 23.9 Å². The van der Waals surface area contributed by atoms with Gasteiger partial charge in [-0.05, 0) is 66.9 Å². The fraction of sp³-hybridized carbons (Fsp3) is 0.179. The topological polar surface area (TPSA) is 97.0 Å². The minimum atomic E-state index is -0.589. The van der Waals surface area contributed by atoms with E-state index in [4.69, 9.17) is 21.1 Å².